The molecule has 0 aliphatic carbocycles. The quantitative estimate of drug-likeness (QED) is 0.608. The average molecular weight is 139 g/mol. The van der Waals surface area contributed by atoms with Gasteiger partial charge in [-0.05, 0) is 0 Å². The predicted octanol–water partition coefficient (Wildman–Crippen LogP) is 0.0458. The number of rotatable bonds is 2. The SMILES string of the molecule is CC(=O)NCc1cn[nH]c1. The summed E-state index contributed by atoms with van der Waals surface area (Å²) in [4.78, 5) is 10.4. The number of nitrogens with one attached hydrogen (secondary N) is 2. The van der Waals surface area contributed by atoms with Crippen LogP contribution in [0, 0.1) is 0 Å². The first-order valence-corrected chi connectivity index (χ1v) is 3.01. The zero-order valence-electron chi connectivity index (χ0n) is 5.72. The lowest BCUT2D eigenvalue weighted by molar-refractivity contribution is -0.119. The highest BCUT2D eigenvalue weighted by molar-refractivity contribution is 5.72. The van der Waals surface area contributed by atoms with Crippen LogP contribution in [0.3, 0.4) is 0 Å². The van der Waals surface area contributed by atoms with E-state index in [2.05, 4.69) is 15.5 Å². The third-order valence-corrected chi connectivity index (χ3v) is 1.10. The second-order valence-corrected chi connectivity index (χ2v) is 2.02. The maximum absolute atomic E-state index is 10.4. The Morgan fingerprint density at radius 1 is 1.90 bits per heavy atom. The Balaban J connectivity index is 2.35. The second kappa shape index (κ2) is 3.00. The zero-order chi connectivity index (χ0) is 7.40. The molecule has 1 aromatic heterocycles. The standard InChI is InChI=1S/C6H9N3O/c1-5(10)7-2-6-3-8-9-4-6/h3-4H,2H2,1H3,(H,7,10)(H,8,9). The molecule has 0 spiro atoms. The third kappa shape index (κ3) is 1.89. The number of aromatic amines is 1. The molecule has 10 heavy (non-hydrogen) atoms. The van der Waals surface area contributed by atoms with Gasteiger partial charge in [-0.2, -0.15) is 5.10 Å². The van der Waals surface area contributed by atoms with Crippen molar-refractivity contribution in [2.75, 3.05) is 0 Å². The monoisotopic (exact) mass is 139 g/mol. The van der Waals surface area contributed by atoms with Crippen LogP contribution in [0.1, 0.15) is 12.5 Å². The fourth-order valence-electron chi connectivity index (χ4n) is 0.601. The lowest BCUT2D eigenvalue weighted by Crippen LogP contribution is -2.18. The van der Waals surface area contributed by atoms with Gasteiger partial charge in [0.15, 0.2) is 0 Å². The minimum Gasteiger partial charge on any atom is -0.352 e. The van der Waals surface area contributed by atoms with Crippen molar-refractivity contribution in [1.29, 1.82) is 0 Å². The molecule has 54 valence electrons. The van der Waals surface area contributed by atoms with Crippen LogP contribution in [0.4, 0.5) is 0 Å². The van der Waals surface area contributed by atoms with Gasteiger partial charge in [-0.25, -0.2) is 0 Å². The van der Waals surface area contributed by atoms with E-state index in [1.807, 2.05) is 0 Å². The summed E-state index contributed by atoms with van der Waals surface area (Å²) in [5, 5.41) is 9.02. The van der Waals surface area contributed by atoms with Crippen molar-refractivity contribution < 1.29 is 4.79 Å². The Kier molecular flexibility index (Phi) is 2.04. The number of carbonyl (C=O) groups is 1. The Morgan fingerprint density at radius 3 is 3.20 bits per heavy atom. The molecule has 0 aromatic carbocycles. The molecule has 0 aliphatic rings. The van der Waals surface area contributed by atoms with Crippen molar-refractivity contribution in [3.63, 3.8) is 0 Å². The summed E-state index contributed by atoms with van der Waals surface area (Å²) >= 11 is 0. The number of amides is 1. The molecule has 0 unspecified atom stereocenters. The minimum absolute atomic E-state index is 0.0267. The topological polar surface area (TPSA) is 57.8 Å². The maximum atomic E-state index is 10.4. The molecule has 1 rings (SSSR count). The first-order valence-electron chi connectivity index (χ1n) is 3.01. The average Bonchev–Trinajstić information content (AvgIpc) is 2.34. The van der Waals surface area contributed by atoms with Gasteiger partial charge in [-0.1, -0.05) is 0 Å². The minimum atomic E-state index is -0.0267. The number of carbonyl (C=O) groups excluding carboxylic acids is 1. The van der Waals surface area contributed by atoms with E-state index in [1.54, 1.807) is 12.4 Å². The van der Waals surface area contributed by atoms with Crippen LogP contribution in [-0.4, -0.2) is 16.1 Å². The lowest BCUT2D eigenvalue weighted by Gasteiger charge is -1.95. The summed E-state index contributed by atoms with van der Waals surface area (Å²) in [5.41, 5.74) is 0.982. The maximum Gasteiger partial charge on any atom is 0.217 e. The molecule has 0 fully saturated rings. The van der Waals surface area contributed by atoms with Crippen LogP contribution in [0.25, 0.3) is 0 Å². The summed E-state index contributed by atoms with van der Waals surface area (Å²) < 4.78 is 0. The van der Waals surface area contributed by atoms with Crippen LogP contribution in [0.15, 0.2) is 12.4 Å². The van der Waals surface area contributed by atoms with Gasteiger partial charge in [0.05, 0.1) is 6.20 Å². The number of hydrogen-bond acceptors (Lipinski definition) is 2. The van der Waals surface area contributed by atoms with Crippen LogP contribution in [0.2, 0.25) is 0 Å². The second-order valence-electron chi connectivity index (χ2n) is 2.02. The van der Waals surface area contributed by atoms with Gasteiger partial charge in [0.25, 0.3) is 0 Å². The van der Waals surface area contributed by atoms with Crippen molar-refractivity contribution in [3.05, 3.63) is 18.0 Å². The normalized spacial score (nSPS) is 9.30. The van der Waals surface area contributed by atoms with Crippen LogP contribution < -0.4 is 5.32 Å². The number of nitrogens with zero attached hydrogens (tertiary/aromatic N) is 1. The predicted molar refractivity (Wildman–Crippen MR) is 36.1 cm³/mol. The molecule has 1 aromatic rings. The molecule has 0 atom stereocenters. The van der Waals surface area contributed by atoms with Gasteiger partial charge < -0.3 is 5.32 Å². The van der Waals surface area contributed by atoms with E-state index < -0.39 is 0 Å². The Bertz CT molecular complexity index is 205. The van der Waals surface area contributed by atoms with E-state index in [9.17, 15) is 4.79 Å². The van der Waals surface area contributed by atoms with E-state index in [1.165, 1.54) is 6.92 Å². The molecule has 1 heterocycles. The molecule has 0 saturated heterocycles. The first-order chi connectivity index (χ1) is 4.79. The fourth-order valence-corrected chi connectivity index (χ4v) is 0.601. The molecular formula is C6H9N3O. The van der Waals surface area contributed by atoms with Crippen molar-refractivity contribution in [1.82, 2.24) is 15.5 Å². The van der Waals surface area contributed by atoms with E-state index in [0.29, 0.717) is 6.54 Å². The number of hydrogen-bond donors (Lipinski definition) is 2. The van der Waals surface area contributed by atoms with Crippen LogP contribution in [0.5, 0.6) is 0 Å². The van der Waals surface area contributed by atoms with E-state index in [-0.39, 0.29) is 5.91 Å². The van der Waals surface area contributed by atoms with E-state index >= 15 is 0 Å². The van der Waals surface area contributed by atoms with Crippen molar-refractivity contribution in [2.24, 2.45) is 0 Å². The van der Waals surface area contributed by atoms with E-state index in [4.69, 9.17) is 0 Å². The fraction of sp³-hybridized carbons (Fsp3) is 0.333. The van der Waals surface area contributed by atoms with Gasteiger partial charge in [-0.15, -0.1) is 0 Å². The largest absolute Gasteiger partial charge is 0.352 e. The summed E-state index contributed by atoms with van der Waals surface area (Å²) in [6.45, 7) is 2.03. The van der Waals surface area contributed by atoms with Crippen LogP contribution in [-0.2, 0) is 11.3 Å². The highest BCUT2D eigenvalue weighted by Crippen LogP contribution is 1.90. The molecule has 0 bridgehead atoms. The highest BCUT2D eigenvalue weighted by atomic mass is 16.1. The molecule has 1 amide bonds. The Labute approximate surface area is 58.6 Å². The lowest BCUT2D eigenvalue weighted by atomic mass is 10.4. The van der Waals surface area contributed by atoms with Crippen LogP contribution >= 0.6 is 0 Å². The smallest absolute Gasteiger partial charge is 0.217 e. The molecule has 0 radical (unpaired) electrons. The van der Waals surface area contributed by atoms with Gasteiger partial charge in [0.2, 0.25) is 5.91 Å². The summed E-state index contributed by atoms with van der Waals surface area (Å²) in [5.74, 6) is -0.0267. The van der Waals surface area contributed by atoms with E-state index in [0.717, 1.165) is 5.56 Å². The first kappa shape index (κ1) is 6.80. The summed E-state index contributed by atoms with van der Waals surface area (Å²) in [7, 11) is 0. The number of aromatic nitrogens is 2. The van der Waals surface area contributed by atoms with Gasteiger partial charge in [0, 0.05) is 25.2 Å². The van der Waals surface area contributed by atoms with Crippen molar-refractivity contribution >= 4 is 5.91 Å². The Hall–Kier alpha value is -1.32. The summed E-state index contributed by atoms with van der Waals surface area (Å²) in [6.07, 6.45) is 3.42. The van der Waals surface area contributed by atoms with Crippen molar-refractivity contribution in [3.8, 4) is 0 Å². The van der Waals surface area contributed by atoms with Gasteiger partial charge >= 0.3 is 0 Å². The molecule has 4 nitrogen and oxygen atoms in total. The van der Waals surface area contributed by atoms with Crippen molar-refractivity contribution in [2.45, 2.75) is 13.5 Å². The Morgan fingerprint density at radius 2 is 2.70 bits per heavy atom. The third-order valence-electron chi connectivity index (χ3n) is 1.10. The molecule has 0 saturated carbocycles. The molecular weight excluding hydrogens is 130 g/mol. The van der Waals surface area contributed by atoms with Gasteiger partial charge in [0.1, 0.15) is 0 Å². The molecule has 4 heteroatoms. The zero-order valence-corrected chi connectivity index (χ0v) is 5.72. The molecule has 2 N–H and O–H groups in total. The number of H-pyrrole nitrogens is 1. The molecule has 0 aliphatic heterocycles. The highest BCUT2D eigenvalue weighted by Gasteiger charge is 1.93. The van der Waals surface area contributed by atoms with Gasteiger partial charge in [-0.3, -0.25) is 9.89 Å². The summed E-state index contributed by atoms with van der Waals surface area (Å²) in [6, 6.07) is 0.